The van der Waals surface area contributed by atoms with Gasteiger partial charge in [-0.05, 0) is 49.9 Å². The SMILES string of the molecule is CC(OC(=O)/C=C/C(=O)OC(C)C(=O)N1CCc2ccccc21)C(=O)N1CCc2ccccc21. The number of carbonyl (C=O) groups is 4. The summed E-state index contributed by atoms with van der Waals surface area (Å²) in [6.07, 6.45) is 1.24. The van der Waals surface area contributed by atoms with Crippen LogP contribution < -0.4 is 9.80 Å². The Balaban J connectivity index is 1.27. The number of carbonyl (C=O) groups excluding carboxylic acids is 4. The molecule has 2 aliphatic heterocycles. The highest BCUT2D eigenvalue weighted by atomic mass is 16.6. The molecule has 0 fully saturated rings. The van der Waals surface area contributed by atoms with Gasteiger partial charge in [0.1, 0.15) is 0 Å². The Hall–Kier alpha value is -3.94. The molecule has 2 unspecified atom stereocenters. The molecular formula is C26H26N2O6. The number of esters is 2. The van der Waals surface area contributed by atoms with Crippen LogP contribution in [0.5, 0.6) is 0 Å². The van der Waals surface area contributed by atoms with Gasteiger partial charge in [0.05, 0.1) is 0 Å². The molecule has 0 bridgehead atoms. The fourth-order valence-electron chi connectivity index (χ4n) is 4.24. The van der Waals surface area contributed by atoms with Crippen molar-refractivity contribution in [3.8, 4) is 0 Å². The lowest BCUT2D eigenvalue weighted by Crippen LogP contribution is -2.39. The first kappa shape index (κ1) is 23.2. The van der Waals surface area contributed by atoms with Crippen LogP contribution in [0, 0.1) is 0 Å². The number of benzene rings is 2. The number of ether oxygens (including phenoxy) is 2. The molecule has 2 aliphatic rings. The van der Waals surface area contributed by atoms with Crippen molar-refractivity contribution >= 4 is 35.1 Å². The van der Waals surface area contributed by atoms with Crippen molar-refractivity contribution in [2.24, 2.45) is 0 Å². The number of nitrogens with zero attached hydrogens (tertiary/aromatic N) is 2. The summed E-state index contributed by atoms with van der Waals surface area (Å²) in [5.41, 5.74) is 3.76. The second-order valence-corrected chi connectivity index (χ2v) is 8.23. The standard InChI is InChI=1S/C26H26N2O6/c1-17(25(31)27-15-13-19-7-3-5-9-21(19)27)33-23(29)11-12-24(30)34-18(2)26(32)28-16-14-20-8-4-6-10-22(20)28/h3-12,17-18H,13-16H2,1-2H3/b12-11+. The monoisotopic (exact) mass is 462 g/mol. The van der Waals surface area contributed by atoms with Gasteiger partial charge >= 0.3 is 11.9 Å². The van der Waals surface area contributed by atoms with Crippen molar-refractivity contribution in [1.29, 1.82) is 0 Å². The summed E-state index contributed by atoms with van der Waals surface area (Å²) >= 11 is 0. The van der Waals surface area contributed by atoms with Gasteiger partial charge in [0, 0.05) is 36.6 Å². The van der Waals surface area contributed by atoms with Gasteiger partial charge in [-0.3, -0.25) is 9.59 Å². The number of hydrogen-bond donors (Lipinski definition) is 0. The normalized spacial score (nSPS) is 16.1. The molecule has 0 aromatic heterocycles. The second kappa shape index (κ2) is 9.91. The van der Waals surface area contributed by atoms with Gasteiger partial charge in [-0.15, -0.1) is 0 Å². The summed E-state index contributed by atoms with van der Waals surface area (Å²) in [4.78, 5) is 52.8. The summed E-state index contributed by atoms with van der Waals surface area (Å²) < 4.78 is 10.3. The molecular weight excluding hydrogens is 436 g/mol. The van der Waals surface area contributed by atoms with Gasteiger partial charge in [0.2, 0.25) is 0 Å². The van der Waals surface area contributed by atoms with E-state index in [1.807, 2.05) is 48.5 Å². The highest BCUT2D eigenvalue weighted by Crippen LogP contribution is 2.29. The first-order valence-electron chi connectivity index (χ1n) is 11.2. The summed E-state index contributed by atoms with van der Waals surface area (Å²) in [6.45, 7) is 4.02. The minimum atomic E-state index is -1.02. The lowest BCUT2D eigenvalue weighted by Gasteiger charge is -2.21. The van der Waals surface area contributed by atoms with Gasteiger partial charge in [0.25, 0.3) is 11.8 Å². The van der Waals surface area contributed by atoms with E-state index in [4.69, 9.17) is 9.47 Å². The van der Waals surface area contributed by atoms with Crippen LogP contribution in [0.4, 0.5) is 11.4 Å². The number of amides is 2. The van der Waals surface area contributed by atoms with E-state index in [2.05, 4.69) is 0 Å². The molecule has 0 saturated heterocycles. The maximum atomic E-state index is 12.7. The lowest BCUT2D eigenvalue weighted by atomic mass is 10.2. The van der Waals surface area contributed by atoms with Crippen molar-refractivity contribution in [2.75, 3.05) is 22.9 Å². The molecule has 0 saturated carbocycles. The third-order valence-corrected chi connectivity index (χ3v) is 5.94. The number of rotatable bonds is 6. The maximum Gasteiger partial charge on any atom is 0.331 e. The van der Waals surface area contributed by atoms with Crippen molar-refractivity contribution in [3.63, 3.8) is 0 Å². The molecule has 0 N–H and O–H groups in total. The minimum absolute atomic E-state index is 0.334. The zero-order chi connectivity index (χ0) is 24.2. The first-order valence-corrected chi connectivity index (χ1v) is 11.2. The Morgan fingerprint density at radius 1 is 0.706 bits per heavy atom. The molecule has 4 rings (SSSR count). The Labute approximate surface area is 197 Å². The van der Waals surface area contributed by atoms with E-state index in [0.717, 1.165) is 47.5 Å². The minimum Gasteiger partial charge on any atom is -0.449 e. The van der Waals surface area contributed by atoms with E-state index < -0.39 is 24.1 Å². The number of hydrogen-bond acceptors (Lipinski definition) is 6. The molecule has 0 aliphatic carbocycles. The molecule has 2 atom stereocenters. The second-order valence-electron chi connectivity index (χ2n) is 8.23. The zero-order valence-electron chi connectivity index (χ0n) is 19.1. The van der Waals surface area contributed by atoms with Crippen molar-refractivity contribution in [1.82, 2.24) is 0 Å². The highest BCUT2D eigenvalue weighted by Gasteiger charge is 2.30. The molecule has 2 aromatic carbocycles. The number of anilines is 2. The van der Waals surface area contributed by atoms with Crippen molar-refractivity contribution in [3.05, 3.63) is 71.8 Å². The van der Waals surface area contributed by atoms with Crippen LogP contribution in [0.1, 0.15) is 25.0 Å². The lowest BCUT2D eigenvalue weighted by molar-refractivity contribution is -0.150. The number of para-hydroxylation sites is 2. The van der Waals surface area contributed by atoms with Gasteiger partial charge in [-0.25, -0.2) is 9.59 Å². The van der Waals surface area contributed by atoms with E-state index in [1.165, 1.54) is 13.8 Å². The smallest absolute Gasteiger partial charge is 0.331 e. The topological polar surface area (TPSA) is 93.2 Å². The third kappa shape index (κ3) is 4.85. The molecule has 2 amide bonds. The van der Waals surface area contributed by atoms with Crippen molar-refractivity contribution < 1.29 is 28.7 Å². The summed E-state index contributed by atoms with van der Waals surface area (Å²) in [7, 11) is 0. The van der Waals surface area contributed by atoms with Gasteiger partial charge in [-0.2, -0.15) is 0 Å². The fourth-order valence-corrected chi connectivity index (χ4v) is 4.24. The van der Waals surface area contributed by atoms with E-state index in [-0.39, 0.29) is 11.8 Å². The predicted octanol–water partition coefficient (Wildman–Crippen LogP) is 2.58. The molecule has 2 heterocycles. The number of fused-ring (bicyclic) bond motifs is 2. The first-order chi connectivity index (χ1) is 16.3. The molecule has 176 valence electrons. The molecule has 0 radical (unpaired) electrons. The molecule has 2 aromatic rings. The zero-order valence-corrected chi connectivity index (χ0v) is 19.1. The Bertz CT molecular complexity index is 1070. The summed E-state index contributed by atoms with van der Waals surface area (Å²) in [5, 5.41) is 0. The predicted molar refractivity (Wildman–Crippen MR) is 125 cm³/mol. The van der Waals surface area contributed by atoms with Crippen LogP contribution in [-0.4, -0.2) is 49.1 Å². The average Bonchev–Trinajstić information content (AvgIpc) is 3.46. The van der Waals surface area contributed by atoms with E-state index in [9.17, 15) is 19.2 Å². The Morgan fingerprint density at radius 3 is 1.50 bits per heavy atom. The summed E-state index contributed by atoms with van der Waals surface area (Å²) in [5.74, 6) is -2.37. The van der Waals surface area contributed by atoms with E-state index in [1.54, 1.807) is 9.80 Å². The molecule has 0 spiro atoms. The van der Waals surface area contributed by atoms with Crippen LogP contribution in [0.3, 0.4) is 0 Å². The van der Waals surface area contributed by atoms with Crippen LogP contribution in [0.25, 0.3) is 0 Å². The fraction of sp³-hybridized carbons (Fsp3) is 0.308. The summed E-state index contributed by atoms with van der Waals surface area (Å²) in [6, 6.07) is 15.2. The molecule has 34 heavy (non-hydrogen) atoms. The van der Waals surface area contributed by atoms with Crippen LogP contribution in [0.15, 0.2) is 60.7 Å². The molecule has 8 nitrogen and oxygen atoms in total. The van der Waals surface area contributed by atoms with Gasteiger partial charge < -0.3 is 19.3 Å². The van der Waals surface area contributed by atoms with Crippen LogP contribution in [-0.2, 0) is 41.5 Å². The molecule has 8 heteroatoms. The van der Waals surface area contributed by atoms with E-state index >= 15 is 0 Å². The van der Waals surface area contributed by atoms with Gasteiger partial charge in [-0.1, -0.05) is 36.4 Å². The largest absolute Gasteiger partial charge is 0.449 e. The van der Waals surface area contributed by atoms with E-state index in [0.29, 0.717) is 13.1 Å². The van der Waals surface area contributed by atoms with Crippen molar-refractivity contribution in [2.45, 2.75) is 38.9 Å². The average molecular weight is 463 g/mol. The Morgan fingerprint density at radius 2 is 1.09 bits per heavy atom. The highest BCUT2D eigenvalue weighted by molar-refractivity contribution is 6.01. The van der Waals surface area contributed by atoms with Gasteiger partial charge in [0.15, 0.2) is 12.2 Å². The van der Waals surface area contributed by atoms with Crippen LogP contribution in [0.2, 0.25) is 0 Å². The van der Waals surface area contributed by atoms with Crippen LogP contribution >= 0.6 is 0 Å². The quantitative estimate of drug-likeness (QED) is 0.484. The third-order valence-electron chi connectivity index (χ3n) is 5.94. The maximum absolute atomic E-state index is 12.7. The Kier molecular flexibility index (Phi) is 6.77.